The molecule has 0 amide bonds. The maximum Gasteiger partial charge on any atom is 0.213 e. The van der Waals surface area contributed by atoms with Gasteiger partial charge in [0.05, 0.1) is 16.8 Å². The molecule has 3 N–H and O–H groups in total. The van der Waals surface area contributed by atoms with Crippen LogP contribution in [0.25, 0.3) is 10.2 Å². The number of alkyl halides is 1. The third-order valence-electron chi connectivity index (χ3n) is 4.14. The first-order chi connectivity index (χ1) is 12.6. The molecule has 1 saturated heterocycles. The first kappa shape index (κ1) is 16.4. The lowest BCUT2D eigenvalue weighted by atomic mass is 9.97. The Morgan fingerprint density at radius 2 is 2.27 bits per heavy atom. The largest absolute Gasteiger partial charge is 0.384 e. The highest BCUT2D eigenvalue weighted by Crippen LogP contribution is 2.36. The Balaban J connectivity index is 1.66. The molecular formula is C16H15FN8S. The average Bonchev–Trinajstić information content (AvgIpc) is 3.07. The molecule has 26 heavy (non-hydrogen) atoms. The Kier molecular flexibility index (Phi) is 4.00. The number of rotatable bonds is 3. The Labute approximate surface area is 152 Å². The van der Waals surface area contributed by atoms with Crippen LogP contribution >= 0.6 is 11.3 Å². The van der Waals surface area contributed by atoms with Crippen molar-refractivity contribution < 1.29 is 4.39 Å². The molecule has 4 heterocycles. The highest BCUT2D eigenvalue weighted by molar-refractivity contribution is 7.22. The smallest absolute Gasteiger partial charge is 0.213 e. The van der Waals surface area contributed by atoms with Crippen LogP contribution in [0.3, 0.4) is 0 Å². The Hall–Kier alpha value is -3.06. The summed E-state index contributed by atoms with van der Waals surface area (Å²) < 4.78 is 15.2. The molecular weight excluding hydrogens is 355 g/mol. The Morgan fingerprint density at radius 1 is 1.38 bits per heavy atom. The number of hydrogen-bond acceptors (Lipinski definition) is 9. The SMILES string of the molecule is N#CC1(F)CCCN(c2nc3ccnc(Nc4cc(N)ncn4)c3s2)C1. The van der Waals surface area contributed by atoms with Gasteiger partial charge in [0.2, 0.25) is 5.67 Å². The van der Waals surface area contributed by atoms with Crippen molar-refractivity contribution in [2.75, 3.05) is 29.0 Å². The van der Waals surface area contributed by atoms with Crippen LogP contribution < -0.4 is 16.0 Å². The van der Waals surface area contributed by atoms with Gasteiger partial charge < -0.3 is 16.0 Å². The van der Waals surface area contributed by atoms with Gasteiger partial charge in [-0.1, -0.05) is 11.3 Å². The van der Waals surface area contributed by atoms with E-state index in [1.165, 1.54) is 17.7 Å². The number of thiazole rings is 1. The van der Waals surface area contributed by atoms with Gasteiger partial charge in [0.15, 0.2) is 10.9 Å². The zero-order chi connectivity index (χ0) is 18.1. The second kappa shape index (κ2) is 6.34. The number of anilines is 4. The highest BCUT2D eigenvalue weighted by atomic mass is 32.1. The van der Waals surface area contributed by atoms with Gasteiger partial charge in [-0.25, -0.2) is 24.3 Å². The van der Waals surface area contributed by atoms with Crippen molar-refractivity contribution in [3.05, 3.63) is 24.7 Å². The molecule has 0 aromatic carbocycles. The number of nitrogen functional groups attached to an aromatic ring is 1. The minimum absolute atomic E-state index is 0.0297. The Morgan fingerprint density at radius 3 is 3.08 bits per heavy atom. The van der Waals surface area contributed by atoms with E-state index in [1.54, 1.807) is 24.4 Å². The number of aromatic nitrogens is 4. The van der Waals surface area contributed by atoms with Crippen LogP contribution in [0, 0.1) is 11.3 Å². The summed E-state index contributed by atoms with van der Waals surface area (Å²) in [7, 11) is 0. The van der Waals surface area contributed by atoms with Gasteiger partial charge in [0.25, 0.3) is 0 Å². The first-order valence-electron chi connectivity index (χ1n) is 8.01. The molecule has 0 aliphatic carbocycles. The number of fused-ring (bicyclic) bond motifs is 1. The minimum atomic E-state index is -1.83. The van der Waals surface area contributed by atoms with E-state index < -0.39 is 5.67 Å². The molecule has 8 nitrogen and oxygen atoms in total. The molecule has 10 heteroatoms. The topological polar surface area (TPSA) is 117 Å². The predicted molar refractivity (Wildman–Crippen MR) is 98.0 cm³/mol. The molecule has 4 rings (SSSR count). The molecule has 0 radical (unpaired) electrons. The highest BCUT2D eigenvalue weighted by Gasteiger charge is 2.36. The molecule has 1 unspecified atom stereocenters. The quantitative estimate of drug-likeness (QED) is 0.723. The fraction of sp³-hybridized carbons (Fsp3) is 0.312. The molecule has 1 aliphatic heterocycles. The van der Waals surface area contributed by atoms with E-state index in [4.69, 9.17) is 11.0 Å². The van der Waals surface area contributed by atoms with E-state index in [2.05, 4.69) is 25.3 Å². The molecule has 1 fully saturated rings. The maximum atomic E-state index is 14.4. The standard InChI is InChI=1S/C16H15FN8S/c17-16(7-18)3-1-5-25(8-16)15-23-10-2-4-20-14(13(10)26-15)24-12-6-11(19)21-9-22-12/h2,4,6,9H,1,3,5,8H2,(H3,19,20,21,22,24). The summed E-state index contributed by atoms with van der Waals surface area (Å²) in [6.07, 6.45) is 3.88. The number of piperidine rings is 1. The monoisotopic (exact) mass is 370 g/mol. The zero-order valence-electron chi connectivity index (χ0n) is 13.7. The van der Waals surface area contributed by atoms with Crippen molar-refractivity contribution in [1.29, 1.82) is 5.26 Å². The predicted octanol–water partition coefficient (Wildman–Crippen LogP) is 2.64. The van der Waals surface area contributed by atoms with Crippen molar-refractivity contribution in [3.8, 4) is 6.07 Å². The molecule has 1 aliphatic rings. The van der Waals surface area contributed by atoms with Crippen LogP contribution in [0.15, 0.2) is 24.7 Å². The van der Waals surface area contributed by atoms with E-state index in [0.29, 0.717) is 35.6 Å². The number of halogens is 1. The summed E-state index contributed by atoms with van der Waals surface area (Å²) >= 11 is 1.40. The number of nitrogens with one attached hydrogen (secondary N) is 1. The van der Waals surface area contributed by atoms with Crippen LogP contribution in [0.1, 0.15) is 12.8 Å². The summed E-state index contributed by atoms with van der Waals surface area (Å²) in [5.74, 6) is 1.47. The summed E-state index contributed by atoms with van der Waals surface area (Å²) in [6, 6.07) is 5.19. The number of nitrogens with zero attached hydrogens (tertiary/aromatic N) is 6. The summed E-state index contributed by atoms with van der Waals surface area (Å²) in [6.45, 7) is 0.702. The third kappa shape index (κ3) is 3.09. The van der Waals surface area contributed by atoms with Crippen molar-refractivity contribution in [3.63, 3.8) is 0 Å². The van der Waals surface area contributed by atoms with E-state index in [-0.39, 0.29) is 13.0 Å². The van der Waals surface area contributed by atoms with E-state index in [1.807, 2.05) is 4.90 Å². The van der Waals surface area contributed by atoms with Gasteiger partial charge in [0.1, 0.15) is 24.0 Å². The molecule has 3 aromatic heterocycles. The van der Waals surface area contributed by atoms with Gasteiger partial charge in [-0.3, -0.25) is 0 Å². The number of nitriles is 1. The van der Waals surface area contributed by atoms with Crippen LogP contribution in [0.4, 0.5) is 27.0 Å². The first-order valence-corrected chi connectivity index (χ1v) is 8.83. The van der Waals surface area contributed by atoms with Gasteiger partial charge in [-0.15, -0.1) is 0 Å². The third-order valence-corrected chi connectivity index (χ3v) is 5.28. The second-order valence-electron chi connectivity index (χ2n) is 6.06. The van der Waals surface area contributed by atoms with Crippen molar-refractivity contribution >= 4 is 44.1 Å². The number of hydrogen-bond donors (Lipinski definition) is 2. The molecule has 0 saturated carbocycles. The molecule has 1 atom stereocenters. The Bertz CT molecular complexity index is 999. The molecule has 132 valence electrons. The van der Waals surface area contributed by atoms with Crippen molar-refractivity contribution in [2.45, 2.75) is 18.5 Å². The zero-order valence-corrected chi connectivity index (χ0v) is 14.5. The van der Waals surface area contributed by atoms with E-state index >= 15 is 0 Å². The lowest BCUT2D eigenvalue weighted by molar-refractivity contribution is 0.204. The van der Waals surface area contributed by atoms with Crippen molar-refractivity contribution in [1.82, 2.24) is 19.9 Å². The van der Waals surface area contributed by atoms with Crippen LogP contribution in [0.5, 0.6) is 0 Å². The van der Waals surface area contributed by atoms with Gasteiger partial charge in [-0.05, 0) is 18.9 Å². The summed E-state index contributed by atoms with van der Waals surface area (Å²) in [5, 5.41) is 12.9. The lowest BCUT2D eigenvalue weighted by Gasteiger charge is -2.32. The average molecular weight is 370 g/mol. The molecule has 0 bridgehead atoms. The minimum Gasteiger partial charge on any atom is -0.384 e. The number of nitrogens with two attached hydrogens (primary N) is 1. The van der Waals surface area contributed by atoms with Crippen LogP contribution in [0.2, 0.25) is 0 Å². The van der Waals surface area contributed by atoms with Crippen LogP contribution in [-0.2, 0) is 0 Å². The van der Waals surface area contributed by atoms with Crippen molar-refractivity contribution in [2.24, 2.45) is 0 Å². The lowest BCUT2D eigenvalue weighted by Crippen LogP contribution is -2.44. The van der Waals surface area contributed by atoms with E-state index in [9.17, 15) is 4.39 Å². The van der Waals surface area contributed by atoms with Gasteiger partial charge >= 0.3 is 0 Å². The fourth-order valence-corrected chi connectivity index (χ4v) is 3.93. The number of pyridine rings is 1. The normalized spacial score (nSPS) is 20.1. The summed E-state index contributed by atoms with van der Waals surface area (Å²) in [5.41, 5.74) is 4.60. The molecule has 0 spiro atoms. The van der Waals surface area contributed by atoms with Crippen LogP contribution in [-0.4, -0.2) is 38.7 Å². The van der Waals surface area contributed by atoms with Gasteiger partial charge in [-0.2, -0.15) is 5.26 Å². The molecule has 3 aromatic rings. The maximum absolute atomic E-state index is 14.4. The van der Waals surface area contributed by atoms with Gasteiger partial charge in [0, 0.05) is 18.8 Å². The fourth-order valence-electron chi connectivity index (χ4n) is 2.90. The van der Waals surface area contributed by atoms with E-state index in [0.717, 1.165) is 10.2 Å². The summed E-state index contributed by atoms with van der Waals surface area (Å²) in [4.78, 5) is 18.7. The second-order valence-corrected chi connectivity index (χ2v) is 7.04.